The summed E-state index contributed by atoms with van der Waals surface area (Å²) in [4.78, 5) is 0. The zero-order valence-corrected chi connectivity index (χ0v) is 10.2. The third-order valence-corrected chi connectivity index (χ3v) is 3.32. The molecule has 2 nitrogen and oxygen atoms in total. The fraction of sp³-hybridized carbons (Fsp3) is 0.538. The second-order valence-electron chi connectivity index (χ2n) is 4.21. The van der Waals surface area contributed by atoms with E-state index in [9.17, 15) is 0 Å². The van der Waals surface area contributed by atoms with Crippen LogP contribution in [0, 0.1) is 0 Å². The van der Waals surface area contributed by atoms with Crippen molar-refractivity contribution in [2.75, 3.05) is 7.11 Å². The number of hydrogen-bond acceptors (Lipinski definition) is 2. The van der Waals surface area contributed by atoms with E-state index in [0.29, 0.717) is 12.2 Å². The van der Waals surface area contributed by atoms with E-state index in [1.807, 2.05) is 24.3 Å². The summed E-state index contributed by atoms with van der Waals surface area (Å²) in [5.74, 6) is 0.908. The topological polar surface area (TPSA) is 18.5 Å². The van der Waals surface area contributed by atoms with Crippen LogP contribution < -0.4 is 4.74 Å². The van der Waals surface area contributed by atoms with Crippen molar-refractivity contribution in [3.8, 4) is 5.75 Å². The zero-order chi connectivity index (χ0) is 11.4. The molecule has 0 saturated heterocycles. The highest BCUT2D eigenvalue weighted by atomic mass is 35.5. The lowest BCUT2D eigenvalue weighted by Gasteiger charge is -2.28. The van der Waals surface area contributed by atoms with Crippen LogP contribution in [0.2, 0.25) is 5.02 Å². The van der Waals surface area contributed by atoms with Gasteiger partial charge in [0.25, 0.3) is 0 Å². The highest BCUT2D eigenvalue weighted by Crippen LogP contribution is 2.25. The Hall–Kier alpha value is -0.730. The van der Waals surface area contributed by atoms with Gasteiger partial charge in [-0.05, 0) is 49.9 Å². The van der Waals surface area contributed by atoms with E-state index in [-0.39, 0.29) is 0 Å². The first-order valence-corrected chi connectivity index (χ1v) is 6.11. The molecule has 0 atom stereocenters. The Morgan fingerprint density at radius 3 is 2.12 bits per heavy atom. The minimum Gasteiger partial charge on any atom is -0.490 e. The Balaban J connectivity index is 1.84. The van der Waals surface area contributed by atoms with Crippen LogP contribution in [0.3, 0.4) is 0 Å². The maximum atomic E-state index is 5.89. The standard InChI is InChI=1S/C13H17ClO2/c1-15-11-6-8-13(9-7-11)16-12-4-2-10(14)3-5-12/h2-5,11,13H,6-9H2,1H3/t11-,13-. The molecule has 0 aliphatic heterocycles. The Labute approximate surface area is 102 Å². The molecule has 1 aromatic rings. The third-order valence-electron chi connectivity index (χ3n) is 3.07. The van der Waals surface area contributed by atoms with Crippen LogP contribution in [0.1, 0.15) is 25.7 Å². The van der Waals surface area contributed by atoms with E-state index in [2.05, 4.69) is 0 Å². The minimum atomic E-state index is 0.326. The van der Waals surface area contributed by atoms with E-state index < -0.39 is 0 Å². The first-order valence-electron chi connectivity index (χ1n) is 5.73. The van der Waals surface area contributed by atoms with Gasteiger partial charge in [-0.15, -0.1) is 0 Å². The molecule has 0 radical (unpaired) electrons. The predicted octanol–water partition coefficient (Wildman–Crippen LogP) is 3.68. The normalized spacial score (nSPS) is 25.4. The molecule has 0 bridgehead atoms. The molecule has 0 spiro atoms. The van der Waals surface area contributed by atoms with Gasteiger partial charge >= 0.3 is 0 Å². The van der Waals surface area contributed by atoms with Gasteiger partial charge in [0.15, 0.2) is 0 Å². The molecule has 16 heavy (non-hydrogen) atoms. The average Bonchev–Trinajstić information content (AvgIpc) is 2.33. The van der Waals surface area contributed by atoms with E-state index >= 15 is 0 Å². The van der Waals surface area contributed by atoms with Crippen LogP contribution in [0.5, 0.6) is 5.75 Å². The van der Waals surface area contributed by atoms with E-state index in [1.54, 1.807) is 7.11 Å². The molecule has 0 heterocycles. The van der Waals surface area contributed by atoms with E-state index in [4.69, 9.17) is 21.1 Å². The lowest BCUT2D eigenvalue weighted by molar-refractivity contribution is 0.0327. The van der Waals surface area contributed by atoms with Crippen LogP contribution >= 0.6 is 11.6 Å². The van der Waals surface area contributed by atoms with Crippen LogP contribution in [0.15, 0.2) is 24.3 Å². The van der Waals surface area contributed by atoms with Gasteiger partial charge in [0.1, 0.15) is 5.75 Å². The van der Waals surface area contributed by atoms with Crippen molar-refractivity contribution in [2.45, 2.75) is 37.9 Å². The minimum absolute atomic E-state index is 0.326. The predicted molar refractivity (Wildman–Crippen MR) is 65.1 cm³/mol. The molecule has 0 unspecified atom stereocenters. The Kier molecular flexibility index (Phi) is 4.08. The van der Waals surface area contributed by atoms with Gasteiger partial charge in [0.2, 0.25) is 0 Å². The molecule has 1 fully saturated rings. The van der Waals surface area contributed by atoms with Gasteiger partial charge in [0.05, 0.1) is 12.2 Å². The quantitative estimate of drug-likeness (QED) is 0.803. The van der Waals surface area contributed by atoms with Crippen molar-refractivity contribution in [1.82, 2.24) is 0 Å². The SMILES string of the molecule is CO[C@H]1CC[C@H](Oc2ccc(Cl)cc2)CC1. The summed E-state index contributed by atoms with van der Waals surface area (Å²) in [6.45, 7) is 0. The van der Waals surface area contributed by atoms with Crippen molar-refractivity contribution >= 4 is 11.6 Å². The molecule has 88 valence electrons. The Morgan fingerprint density at radius 2 is 1.56 bits per heavy atom. The molecular formula is C13H17ClO2. The molecule has 1 aromatic carbocycles. The largest absolute Gasteiger partial charge is 0.490 e. The van der Waals surface area contributed by atoms with Crippen LogP contribution in [0.25, 0.3) is 0 Å². The van der Waals surface area contributed by atoms with Gasteiger partial charge in [-0.25, -0.2) is 0 Å². The molecule has 0 N–H and O–H groups in total. The summed E-state index contributed by atoms with van der Waals surface area (Å²) in [5, 5.41) is 0.746. The zero-order valence-electron chi connectivity index (χ0n) is 9.49. The molecule has 0 aromatic heterocycles. The first kappa shape index (κ1) is 11.7. The average molecular weight is 241 g/mol. The maximum Gasteiger partial charge on any atom is 0.119 e. The van der Waals surface area contributed by atoms with Gasteiger partial charge in [-0.2, -0.15) is 0 Å². The second-order valence-corrected chi connectivity index (χ2v) is 4.64. The lowest BCUT2D eigenvalue weighted by Crippen LogP contribution is -2.27. The Bertz CT molecular complexity index is 315. The number of benzene rings is 1. The van der Waals surface area contributed by atoms with E-state index in [1.165, 1.54) is 0 Å². The van der Waals surface area contributed by atoms with Crippen LogP contribution in [-0.2, 0) is 4.74 Å². The van der Waals surface area contributed by atoms with Crippen molar-refractivity contribution in [2.24, 2.45) is 0 Å². The number of ether oxygens (including phenoxy) is 2. The summed E-state index contributed by atoms with van der Waals surface area (Å²) in [6.07, 6.45) is 5.07. The molecule has 3 heteroatoms. The van der Waals surface area contributed by atoms with Crippen molar-refractivity contribution in [3.05, 3.63) is 29.3 Å². The number of halogens is 1. The van der Waals surface area contributed by atoms with Gasteiger partial charge in [-0.1, -0.05) is 11.6 Å². The highest BCUT2D eigenvalue weighted by molar-refractivity contribution is 6.30. The summed E-state index contributed by atoms with van der Waals surface area (Å²) >= 11 is 5.82. The summed E-state index contributed by atoms with van der Waals surface area (Å²) in [6, 6.07) is 7.56. The van der Waals surface area contributed by atoms with Crippen molar-refractivity contribution in [1.29, 1.82) is 0 Å². The van der Waals surface area contributed by atoms with Crippen LogP contribution in [-0.4, -0.2) is 19.3 Å². The number of methoxy groups -OCH3 is 1. The molecule has 1 saturated carbocycles. The molecular weight excluding hydrogens is 224 g/mol. The Morgan fingerprint density at radius 1 is 1.00 bits per heavy atom. The van der Waals surface area contributed by atoms with Crippen LogP contribution in [0.4, 0.5) is 0 Å². The summed E-state index contributed by atoms with van der Waals surface area (Å²) in [7, 11) is 1.78. The maximum absolute atomic E-state index is 5.89. The third kappa shape index (κ3) is 3.13. The fourth-order valence-corrected chi connectivity index (χ4v) is 2.22. The first-order chi connectivity index (χ1) is 7.78. The number of rotatable bonds is 3. The van der Waals surface area contributed by atoms with Crippen molar-refractivity contribution < 1.29 is 9.47 Å². The lowest BCUT2D eigenvalue weighted by atomic mass is 9.95. The van der Waals surface area contributed by atoms with Gasteiger partial charge in [0, 0.05) is 12.1 Å². The monoisotopic (exact) mass is 240 g/mol. The van der Waals surface area contributed by atoms with Gasteiger partial charge in [-0.3, -0.25) is 0 Å². The number of hydrogen-bond donors (Lipinski definition) is 0. The second kappa shape index (κ2) is 5.55. The summed E-state index contributed by atoms with van der Waals surface area (Å²) < 4.78 is 11.2. The fourth-order valence-electron chi connectivity index (χ4n) is 2.09. The van der Waals surface area contributed by atoms with Gasteiger partial charge < -0.3 is 9.47 Å². The summed E-state index contributed by atoms with van der Waals surface area (Å²) in [5.41, 5.74) is 0. The highest BCUT2D eigenvalue weighted by Gasteiger charge is 2.21. The molecule has 1 aliphatic carbocycles. The molecule has 2 rings (SSSR count). The van der Waals surface area contributed by atoms with E-state index in [0.717, 1.165) is 36.5 Å². The molecule has 1 aliphatic rings. The smallest absolute Gasteiger partial charge is 0.119 e. The van der Waals surface area contributed by atoms with Crippen molar-refractivity contribution in [3.63, 3.8) is 0 Å². The molecule has 0 amide bonds.